The maximum absolute atomic E-state index is 12.3. The van der Waals surface area contributed by atoms with Crippen LogP contribution in [0.1, 0.15) is 16.3 Å². The summed E-state index contributed by atoms with van der Waals surface area (Å²) in [5.41, 5.74) is 0.898. The molecule has 1 heterocycles. The lowest BCUT2D eigenvalue weighted by molar-refractivity contribution is 0.102. The van der Waals surface area contributed by atoms with E-state index in [1.54, 1.807) is 44.4 Å². The fraction of sp³-hybridized carbons (Fsp3) is 0.267. The zero-order valence-corrected chi connectivity index (χ0v) is 13.1. The van der Waals surface area contributed by atoms with Crippen LogP contribution in [0.4, 0.5) is 11.5 Å². The number of anilines is 2. The van der Waals surface area contributed by atoms with Gasteiger partial charge in [0.2, 0.25) is 0 Å². The number of hydrogen-bond donors (Lipinski definition) is 2. The number of benzene rings is 1. The van der Waals surface area contributed by atoms with E-state index in [2.05, 4.69) is 20.6 Å². The average molecular weight is 321 g/mol. The molecule has 0 saturated carbocycles. The molecule has 0 aliphatic heterocycles. The zero-order chi connectivity index (χ0) is 15.9. The highest BCUT2D eigenvalue weighted by Gasteiger charge is 2.11. The molecule has 2 N–H and O–H groups in total. The van der Waals surface area contributed by atoms with Gasteiger partial charge >= 0.3 is 0 Å². The molecule has 0 aliphatic rings. The first-order valence-electron chi connectivity index (χ1n) is 6.74. The van der Waals surface area contributed by atoms with Crippen molar-refractivity contribution in [1.29, 1.82) is 0 Å². The maximum Gasteiger partial charge on any atom is 0.274 e. The highest BCUT2D eigenvalue weighted by atomic mass is 35.5. The smallest absolute Gasteiger partial charge is 0.274 e. The standard InChI is InChI=1S/C15H17ClN4O2/c1-10-18-13(9-14(19-10)17-6-7-22-2)15(21)20-12-5-3-4-11(16)8-12/h3-5,8-9H,6-7H2,1-2H3,(H,20,21)(H,17,18,19). The molecule has 0 radical (unpaired) electrons. The summed E-state index contributed by atoms with van der Waals surface area (Å²) in [6.45, 7) is 2.88. The molecule has 2 rings (SSSR count). The number of aromatic nitrogens is 2. The lowest BCUT2D eigenvalue weighted by Gasteiger charge is -2.09. The quantitative estimate of drug-likeness (QED) is 0.800. The molecule has 0 fully saturated rings. The van der Waals surface area contributed by atoms with E-state index < -0.39 is 0 Å². The second-order valence-electron chi connectivity index (χ2n) is 4.57. The second kappa shape index (κ2) is 7.72. The number of methoxy groups -OCH3 is 1. The third-order valence-electron chi connectivity index (χ3n) is 2.77. The number of nitrogens with zero attached hydrogens (tertiary/aromatic N) is 2. The predicted molar refractivity (Wildman–Crippen MR) is 86.5 cm³/mol. The Kier molecular flexibility index (Phi) is 5.68. The van der Waals surface area contributed by atoms with Crippen molar-refractivity contribution < 1.29 is 9.53 Å². The van der Waals surface area contributed by atoms with Crippen LogP contribution in [0.5, 0.6) is 0 Å². The van der Waals surface area contributed by atoms with Gasteiger partial charge in [-0.15, -0.1) is 0 Å². The van der Waals surface area contributed by atoms with Gasteiger partial charge < -0.3 is 15.4 Å². The Hall–Kier alpha value is -2.18. The molecule has 0 unspecified atom stereocenters. The van der Waals surface area contributed by atoms with Gasteiger partial charge in [0.25, 0.3) is 5.91 Å². The number of amides is 1. The molecule has 0 atom stereocenters. The van der Waals surface area contributed by atoms with Crippen LogP contribution in [0.2, 0.25) is 5.02 Å². The number of hydrogen-bond acceptors (Lipinski definition) is 5. The maximum atomic E-state index is 12.3. The van der Waals surface area contributed by atoms with Crippen LogP contribution in [-0.4, -0.2) is 36.1 Å². The van der Waals surface area contributed by atoms with Crippen molar-refractivity contribution in [1.82, 2.24) is 9.97 Å². The van der Waals surface area contributed by atoms with E-state index in [9.17, 15) is 4.79 Å². The molecule has 6 nitrogen and oxygen atoms in total. The summed E-state index contributed by atoms with van der Waals surface area (Å²) in [5.74, 6) is 0.780. The van der Waals surface area contributed by atoms with Gasteiger partial charge in [-0.25, -0.2) is 9.97 Å². The van der Waals surface area contributed by atoms with Crippen LogP contribution in [0.25, 0.3) is 0 Å². The fourth-order valence-corrected chi connectivity index (χ4v) is 2.01. The molecule has 2 aromatic rings. The van der Waals surface area contributed by atoms with Crippen LogP contribution < -0.4 is 10.6 Å². The van der Waals surface area contributed by atoms with E-state index in [-0.39, 0.29) is 11.6 Å². The van der Waals surface area contributed by atoms with Gasteiger partial charge in [0.1, 0.15) is 17.3 Å². The van der Waals surface area contributed by atoms with Crippen LogP contribution >= 0.6 is 11.6 Å². The van der Waals surface area contributed by atoms with Gasteiger partial charge in [-0.2, -0.15) is 0 Å². The third-order valence-corrected chi connectivity index (χ3v) is 3.00. The average Bonchev–Trinajstić information content (AvgIpc) is 2.47. The molecule has 7 heteroatoms. The number of halogens is 1. The van der Waals surface area contributed by atoms with Crippen LogP contribution in [0.3, 0.4) is 0 Å². The summed E-state index contributed by atoms with van der Waals surface area (Å²) in [5, 5.41) is 6.39. The highest BCUT2D eigenvalue weighted by molar-refractivity contribution is 6.30. The van der Waals surface area contributed by atoms with Gasteiger partial charge in [0.15, 0.2) is 0 Å². The summed E-state index contributed by atoms with van der Waals surface area (Å²) in [4.78, 5) is 20.6. The van der Waals surface area contributed by atoms with Gasteiger partial charge in [-0.05, 0) is 25.1 Å². The second-order valence-corrected chi connectivity index (χ2v) is 5.01. The van der Waals surface area contributed by atoms with E-state index in [1.165, 1.54) is 0 Å². The van der Waals surface area contributed by atoms with Crippen LogP contribution in [0, 0.1) is 6.92 Å². The van der Waals surface area contributed by atoms with E-state index >= 15 is 0 Å². The molecule has 1 amide bonds. The Labute approximate surface area is 133 Å². The minimum Gasteiger partial charge on any atom is -0.383 e. The Balaban J connectivity index is 2.11. The molecule has 0 spiro atoms. The Morgan fingerprint density at radius 3 is 2.86 bits per heavy atom. The molecule has 0 bridgehead atoms. The fourth-order valence-electron chi connectivity index (χ4n) is 1.82. The first kappa shape index (κ1) is 16.2. The summed E-state index contributed by atoms with van der Waals surface area (Å²) < 4.78 is 4.96. The van der Waals surface area contributed by atoms with E-state index in [1.807, 2.05) is 0 Å². The van der Waals surface area contributed by atoms with Gasteiger partial charge in [0, 0.05) is 30.4 Å². The molecule has 0 saturated heterocycles. The summed E-state index contributed by atoms with van der Waals surface area (Å²) in [6, 6.07) is 8.54. The van der Waals surface area contributed by atoms with E-state index in [0.29, 0.717) is 35.5 Å². The number of rotatable bonds is 6. The molecule has 0 aliphatic carbocycles. The topological polar surface area (TPSA) is 76.1 Å². The first-order valence-corrected chi connectivity index (χ1v) is 7.11. The lowest BCUT2D eigenvalue weighted by atomic mass is 10.3. The molecular weight excluding hydrogens is 304 g/mol. The molecule has 116 valence electrons. The van der Waals surface area contributed by atoms with Crippen molar-refractivity contribution in [2.24, 2.45) is 0 Å². The van der Waals surface area contributed by atoms with Crippen LogP contribution in [-0.2, 0) is 4.74 Å². The van der Waals surface area contributed by atoms with Crippen molar-refractivity contribution in [2.45, 2.75) is 6.92 Å². The third kappa shape index (κ3) is 4.68. The summed E-state index contributed by atoms with van der Waals surface area (Å²) in [7, 11) is 1.62. The molecule has 1 aromatic carbocycles. The predicted octanol–water partition coefficient (Wildman–Crippen LogP) is 2.75. The Morgan fingerprint density at radius 1 is 1.32 bits per heavy atom. The number of carbonyl (C=O) groups excluding carboxylic acids is 1. The molecule has 1 aromatic heterocycles. The minimum atomic E-state index is -0.317. The highest BCUT2D eigenvalue weighted by Crippen LogP contribution is 2.16. The SMILES string of the molecule is COCCNc1cc(C(=O)Nc2cccc(Cl)c2)nc(C)n1. The number of nitrogens with one attached hydrogen (secondary N) is 2. The molecule has 22 heavy (non-hydrogen) atoms. The van der Waals surface area contributed by atoms with E-state index in [4.69, 9.17) is 16.3 Å². The number of ether oxygens (including phenoxy) is 1. The van der Waals surface area contributed by atoms with Crippen molar-refractivity contribution in [3.05, 3.63) is 46.9 Å². The normalized spacial score (nSPS) is 10.3. The largest absolute Gasteiger partial charge is 0.383 e. The zero-order valence-electron chi connectivity index (χ0n) is 12.4. The van der Waals surface area contributed by atoms with Gasteiger partial charge in [0.05, 0.1) is 6.61 Å². The number of carbonyl (C=O) groups is 1. The van der Waals surface area contributed by atoms with Crippen molar-refractivity contribution in [2.75, 3.05) is 30.9 Å². The minimum absolute atomic E-state index is 0.285. The van der Waals surface area contributed by atoms with E-state index in [0.717, 1.165) is 0 Å². The van der Waals surface area contributed by atoms with Crippen molar-refractivity contribution in [3.8, 4) is 0 Å². The summed E-state index contributed by atoms with van der Waals surface area (Å²) in [6.07, 6.45) is 0. The van der Waals surface area contributed by atoms with Crippen molar-refractivity contribution >= 4 is 29.0 Å². The monoisotopic (exact) mass is 320 g/mol. The Morgan fingerprint density at radius 2 is 2.14 bits per heavy atom. The van der Waals surface area contributed by atoms with Crippen molar-refractivity contribution in [3.63, 3.8) is 0 Å². The van der Waals surface area contributed by atoms with Gasteiger partial charge in [-0.1, -0.05) is 17.7 Å². The van der Waals surface area contributed by atoms with Gasteiger partial charge in [-0.3, -0.25) is 4.79 Å². The first-order chi connectivity index (χ1) is 10.6. The molecular formula is C15H17ClN4O2. The lowest BCUT2D eigenvalue weighted by Crippen LogP contribution is -2.16. The number of aryl methyl sites for hydroxylation is 1. The van der Waals surface area contributed by atoms with Crippen LogP contribution in [0.15, 0.2) is 30.3 Å². The Bertz CT molecular complexity index is 664. The summed E-state index contributed by atoms with van der Waals surface area (Å²) >= 11 is 5.90.